The van der Waals surface area contributed by atoms with Crippen molar-refractivity contribution < 1.29 is 4.74 Å². The van der Waals surface area contributed by atoms with Crippen LogP contribution in [0.5, 0.6) is 5.75 Å². The van der Waals surface area contributed by atoms with E-state index in [2.05, 4.69) is 86.0 Å². The van der Waals surface area contributed by atoms with Crippen molar-refractivity contribution in [3.63, 3.8) is 0 Å². The van der Waals surface area contributed by atoms with Gasteiger partial charge in [-0.2, -0.15) is 0 Å². The van der Waals surface area contributed by atoms with Crippen molar-refractivity contribution >= 4 is 11.0 Å². The second kappa shape index (κ2) is 8.74. The smallest absolute Gasteiger partial charge is 0.118 e. The second-order valence-electron chi connectivity index (χ2n) is 8.45. The minimum atomic E-state index is 0.212. The Morgan fingerprint density at radius 2 is 1.50 bits per heavy atom. The molecule has 3 heteroatoms. The third kappa shape index (κ3) is 4.25. The van der Waals surface area contributed by atoms with Gasteiger partial charge >= 0.3 is 0 Å². The van der Waals surface area contributed by atoms with Gasteiger partial charge in [0.05, 0.1) is 18.1 Å². The van der Waals surface area contributed by atoms with Crippen LogP contribution in [-0.4, -0.2) is 16.7 Å². The van der Waals surface area contributed by atoms with Crippen LogP contribution in [0.25, 0.3) is 11.0 Å². The molecule has 3 nitrogen and oxygen atoms in total. The average Bonchev–Trinajstić information content (AvgIpc) is 3.12. The summed E-state index contributed by atoms with van der Waals surface area (Å²) in [7, 11) is 1.70. The zero-order valence-corrected chi connectivity index (χ0v) is 18.3. The van der Waals surface area contributed by atoms with Crippen molar-refractivity contribution in [3.8, 4) is 5.75 Å². The van der Waals surface area contributed by atoms with Gasteiger partial charge < -0.3 is 9.30 Å². The summed E-state index contributed by atoms with van der Waals surface area (Å²) in [4.78, 5) is 5.03. The molecule has 0 spiro atoms. The molecule has 1 heterocycles. The lowest BCUT2D eigenvalue weighted by atomic mass is 9.96. The van der Waals surface area contributed by atoms with Gasteiger partial charge in [0.1, 0.15) is 11.6 Å². The third-order valence-corrected chi connectivity index (χ3v) is 5.69. The van der Waals surface area contributed by atoms with Gasteiger partial charge in [0.25, 0.3) is 0 Å². The van der Waals surface area contributed by atoms with Crippen LogP contribution in [0.2, 0.25) is 0 Å². The molecule has 0 saturated carbocycles. The summed E-state index contributed by atoms with van der Waals surface area (Å²) < 4.78 is 7.66. The van der Waals surface area contributed by atoms with Crippen molar-refractivity contribution in [3.05, 3.63) is 95.3 Å². The first kappa shape index (κ1) is 20.2. The summed E-state index contributed by atoms with van der Waals surface area (Å²) in [6, 6.07) is 25.8. The molecule has 0 saturated heterocycles. The van der Waals surface area contributed by atoms with Crippen LogP contribution in [0.4, 0.5) is 0 Å². The minimum absolute atomic E-state index is 0.212. The Labute approximate surface area is 179 Å². The molecule has 0 radical (unpaired) electrons. The Morgan fingerprint density at radius 1 is 0.833 bits per heavy atom. The molecule has 0 aliphatic carbocycles. The molecule has 30 heavy (non-hydrogen) atoms. The van der Waals surface area contributed by atoms with E-state index in [0.717, 1.165) is 30.1 Å². The summed E-state index contributed by atoms with van der Waals surface area (Å²) in [5.41, 5.74) is 6.15. The molecule has 0 fully saturated rings. The first-order chi connectivity index (χ1) is 14.5. The normalized spacial score (nSPS) is 12.4. The largest absolute Gasteiger partial charge is 0.497 e. The van der Waals surface area contributed by atoms with Gasteiger partial charge in [-0.1, -0.05) is 69.3 Å². The van der Waals surface area contributed by atoms with Crippen molar-refractivity contribution in [1.82, 2.24) is 9.55 Å². The first-order valence-electron chi connectivity index (χ1n) is 10.7. The fourth-order valence-corrected chi connectivity index (χ4v) is 4.07. The summed E-state index contributed by atoms with van der Waals surface area (Å²) in [5, 5.41) is 0. The number of hydrogen-bond acceptors (Lipinski definition) is 2. The number of aromatic nitrogens is 2. The Balaban J connectivity index is 1.69. The highest BCUT2D eigenvalue weighted by Gasteiger charge is 2.18. The number of benzene rings is 3. The lowest BCUT2D eigenvalue weighted by Crippen LogP contribution is -2.09. The minimum Gasteiger partial charge on any atom is -0.497 e. The lowest BCUT2D eigenvalue weighted by molar-refractivity contribution is 0.414. The second-order valence-corrected chi connectivity index (χ2v) is 8.45. The molecule has 0 bridgehead atoms. The SMILES string of the molecule is COc1ccc(Cn2c([C@H](C)c3ccc(CC(C)C)cc3)nc3ccccc32)cc1. The molecule has 4 rings (SSSR count). The molecular weight excluding hydrogens is 368 g/mol. The van der Waals surface area contributed by atoms with E-state index in [1.165, 1.54) is 22.2 Å². The van der Waals surface area contributed by atoms with Crippen LogP contribution in [0.3, 0.4) is 0 Å². The highest BCUT2D eigenvalue weighted by molar-refractivity contribution is 5.76. The molecule has 154 valence electrons. The Kier molecular flexibility index (Phi) is 5.89. The summed E-state index contributed by atoms with van der Waals surface area (Å²) in [5.74, 6) is 2.86. The number of imidazole rings is 1. The maximum Gasteiger partial charge on any atom is 0.118 e. The van der Waals surface area contributed by atoms with E-state index >= 15 is 0 Å². The molecular formula is C27H30N2O. The van der Waals surface area contributed by atoms with Gasteiger partial charge in [0.15, 0.2) is 0 Å². The monoisotopic (exact) mass is 398 g/mol. The van der Waals surface area contributed by atoms with Crippen LogP contribution in [-0.2, 0) is 13.0 Å². The van der Waals surface area contributed by atoms with E-state index in [9.17, 15) is 0 Å². The fraction of sp³-hybridized carbons (Fsp3) is 0.296. The van der Waals surface area contributed by atoms with Crippen molar-refractivity contribution in [2.75, 3.05) is 7.11 Å². The zero-order valence-electron chi connectivity index (χ0n) is 18.3. The van der Waals surface area contributed by atoms with Gasteiger partial charge in [-0.05, 0) is 53.3 Å². The molecule has 1 atom stereocenters. The van der Waals surface area contributed by atoms with Crippen molar-refractivity contribution in [2.45, 2.75) is 39.7 Å². The zero-order chi connectivity index (χ0) is 21.1. The van der Waals surface area contributed by atoms with Gasteiger partial charge in [-0.3, -0.25) is 0 Å². The van der Waals surface area contributed by atoms with Crippen molar-refractivity contribution in [1.29, 1.82) is 0 Å². The lowest BCUT2D eigenvalue weighted by Gasteiger charge is -2.16. The molecule has 3 aromatic carbocycles. The topological polar surface area (TPSA) is 27.1 Å². The highest BCUT2D eigenvalue weighted by atomic mass is 16.5. The summed E-state index contributed by atoms with van der Waals surface area (Å²) in [6.07, 6.45) is 1.12. The fourth-order valence-electron chi connectivity index (χ4n) is 4.07. The van der Waals surface area contributed by atoms with E-state index in [1.54, 1.807) is 7.11 Å². The van der Waals surface area contributed by atoms with E-state index in [1.807, 2.05) is 12.1 Å². The average molecular weight is 399 g/mol. The van der Waals surface area contributed by atoms with Crippen LogP contribution >= 0.6 is 0 Å². The summed E-state index contributed by atoms with van der Waals surface area (Å²) >= 11 is 0. The van der Waals surface area contributed by atoms with Crippen molar-refractivity contribution in [2.24, 2.45) is 5.92 Å². The molecule has 0 N–H and O–H groups in total. The molecule has 0 unspecified atom stereocenters. The Morgan fingerprint density at radius 3 is 2.17 bits per heavy atom. The molecule has 4 aromatic rings. The van der Waals surface area contributed by atoms with E-state index in [0.29, 0.717) is 5.92 Å². The number of ether oxygens (including phenoxy) is 1. The third-order valence-electron chi connectivity index (χ3n) is 5.69. The number of nitrogens with zero attached hydrogens (tertiary/aromatic N) is 2. The Hall–Kier alpha value is -3.07. The maximum absolute atomic E-state index is 5.31. The van der Waals surface area contributed by atoms with E-state index < -0.39 is 0 Å². The van der Waals surface area contributed by atoms with Crippen LogP contribution in [0, 0.1) is 5.92 Å². The predicted molar refractivity (Wildman–Crippen MR) is 124 cm³/mol. The predicted octanol–water partition coefficient (Wildman–Crippen LogP) is 6.44. The number of fused-ring (bicyclic) bond motifs is 1. The summed E-state index contributed by atoms with van der Waals surface area (Å²) in [6.45, 7) is 7.56. The molecule has 0 aliphatic heterocycles. The van der Waals surface area contributed by atoms with Crippen LogP contribution < -0.4 is 4.74 Å². The van der Waals surface area contributed by atoms with Gasteiger partial charge in [-0.25, -0.2) is 4.98 Å². The van der Waals surface area contributed by atoms with Gasteiger partial charge in [-0.15, -0.1) is 0 Å². The van der Waals surface area contributed by atoms with Crippen LogP contribution in [0.15, 0.2) is 72.8 Å². The number of hydrogen-bond donors (Lipinski definition) is 0. The van der Waals surface area contributed by atoms with Gasteiger partial charge in [0.2, 0.25) is 0 Å². The number of rotatable bonds is 7. The molecule has 0 amide bonds. The van der Waals surface area contributed by atoms with Crippen LogP contribution in [0.1, 0.15) is 49.2 Å². The molecule has 0 aliphatic rings. The Bertz CT molecular complexity index is 1110. The first-order valence-corrected chi connectivity index (χ1v) is 10.7. The molecule has 1 aromatic heterocycles. The quantitative estimate of drug-likeness (QED) is 0.358. The maximum atomic E-state index is 5.31. The van der Waals surface area contributed by atoms with E-state index in [-0.39, 0.29) is 5.92 Å². The number of para-hydroxylation sites is 2. The standard InChI is InChI=1S/C27H30N2O/c1-19(2)17-21-9-13-23(14-10-21)20(3)27-28-25-7-5-6-8-26(25)29(27)18-22-11-15-24(30-4)16-12-22/h5-16,19-20H,17-18H2,1-4H3/t20-/m1/s1. The van der Waals surface area contributed by atoms with Gasteiger partial charge in [0, 0.05) is 12.5 Å². The number of methoxy groups -OCH3 is 1. The van der Waals surface area contributed by atoms with E-state index in [4.69, 9.17) is 9.72 Å². The highest BCUT2D eigenvalue weighted by Crippen LogP contribution is 2.29.